The van der Waals surface area contributed by atoms with Crippen LogP contribution >= 0.6 is 11.6 Å². The highest BCUT2D eigenvalue weighted by atomic mass is 35.5. The third-order valence-corrected chi connectivity index (χ3v) is 3.14. The molecule has 0 bridgehead atoms. The summed E-state index contributed by atoms with van der Waals surface area (Å²) in [7, 11) is 4.00. The van der Waals surface area contributed by atoms with Crippen LogP contribution in [0.3, 0.4) is 0 Å². The van der Waals surface area contributed by atoms with Crippen LogP contribution in [-0.2, 0) is 0 Å². The quantitative estimate of drug-likeness (QED) is 0.868. The molecule has 0 fully saturated rings. The maximum atomic E-state index is 11.1. The van der Waals surface area contributed by atoms with Crippen LogP contribution in [0.15, 0.2) is 12.1 Å². The molecule has 0 spiro atoms. The van der Waals surface area contributed by atoms with E-state index in [9.17, 15) is 4.79 Å². The first-order valence-electron chi connectivity index (χ1n) is 6.18. The SMILES string of the molecule is CCN(c1ccc(Cl)c(C(=O)O)n1)C(C)CN(C)C. The van der Waals surface area contributed by atoms with Gasteiger partial charge in [-0.05, 0) is 40.1 Å². The van der Waals surface area contributed by atoms with Gasteiger partial charge in [-0.3, -0.25) is 0 Å². The summed E-state index contributed by atoms with van der Waals surface area (Å²) in [6.07, 6.45) is 0. The number of carbonyl (C=O) groups is 1. The van der Waals surface area contributed by atoms with Gasteiger partial charge < -0.3 is 14.9 Å². The molecule has 1 aromatic rings. The molecule has 19 heavy (non-hydrogen) atoms. The molecule has 0 aliphatic heterocycles. The summed E-state index contributed by atoms with van der Waals surface area (Å²) in [6.45, 7) is 5.71. The van der Waals surface area contributed by atoms with Gasteiger partial charge in [0.25, 0.3) is 0 Å². The summed E-state index contributed by atoms with van der Waals surface area (Å²) in [6, 6.07) is 3.57. The molecule has 0 saturated carbocycles. The van der Waals surface area contributed by atoms with Crippen molar-refractivity contribution in [1.82, 2.24) is 9.88 Å². The van der Waals surface area contributed by atoms with Crippen LogP contribution in [0.25, 0.3) is 0 Å². The number of pyridine rings is 1. The molecule has 106 valence electrons. The van der Waals surface area contributed by atoms with E-state index in [1.807, 2.05) is 21.0 Å². The van der Waals surface area contributed by atoms with Crippen molar-refractivity contribution < 1.29 is 9.90 Å². The Kier molecular flexibility index (Phi) is 5.57. The smallest absolute Gasteiger partial charge is 0.356 e. The van der Waals surface area contributed by atoms with Gasteiger partial charge in [0.15, 0.2) is 5.69 Å². The van der Waals surface area contributed by atoms with Gasteiger partial charge in [-0.2, -0.15) is 0 Å². The van der Waals surface area contributed by atoms with Crippen LogP contribution in [0, 0.1) is 0 Å². The van der Waals surface area contributed by atoms with Crippen LogP contribution in [0.1, 0.15) is 24.3 Å². The van der Waals surface area contributed by atoms with E-state index in [0.717, 1.165) is 13.1 Å². The average molecular weight is 286 g/mol. The molecule has 1 rings (SSSR count). The molecule has 0 aromatic carbocycles. The Labute approximate surface area is 118 Å². The first-order chi connectivity index (χ1) is 8.86. The maximum Gasteiger partial charge on any atom is 0.356 e. The highest BCUT2D eigenvalue weighted by molar-refractivity contribution is 6.33. The van der Waals surface area contributed by atoms with Crippen LogP contribution in [-0.4, -0.2) is 54.2 Å². The molecule has 1 heterocycles. The molecule has 0 saturated heterocycles. The van der Waals surface area contributed by atoms with E-state index in [2.05, 4.69) is 21.7 Å². The summed E-state index contributed by atoms with van der Waals surface area (Å²) < 4.78 is 0. The third kappa shape index (κ3) is 4.08. The summed E-state index contributed by atoms with van der Waals surface area (Å²) in [5.74, 6) is -0.471. The molecule has 5 nitrogen and oxygen atoms in total. The highest BCUT2D eigenvalue weighted by Gasteiger charge is 2.18. The minimum absolute atomic E-state index is 0.102. The molecule has 6 heteroatoms. The second kappa shape index (κ2) is 6.73. The minimum Gasteiger partial charge on any atom is -0.476 e. The second-order valence-corrected chi connectivity index (χ2v) is 5.11. The number of likely N-dealkylation sites (N-methyl/N-ethyl adjacent to an activating group) is 2. The Morgan fingerprint density at radius 1 is 1.47 bits per heavy atom. The van der Waals surface area contributed by atoms with Crippen molar-refractivity contribution in [3.8, 4) is 0 Å². The van der Waals surface area contributed by atoms with E-state index < -0.39 is 5.97 Å². The fraction of sp³-hybridized carbons (Fsp3) is 0.538. The lowest BCUT2D eigenvalue weighted by atomic mass is 10.2. The Balaban J connectivity index is 3.05. The van der Waals surface area contributed by atoms with E-state index >= 15 is 0 Å². The Morgan fingerprint density at radius 3 is 2.58 bits per heavy atom. The van der Waals surface area contributed by atoms with Gasteiger partial charge in [0, 0.05) is 19.1 Å². The van der Waals surface area contributed by atoms with Gasteiger partial charge in [-0.1, -0.05) is 11.6 Å². The van der Waals surface area contributed by atoms with Crippen molar-refractivity contribution in [3.63, 3.8) is 0 Å². The largest absolute Gasteiger partial charge is 0.476 e. The average Bonchev–Trinajstić information content (AvgIpc) is 2.30. The lowest BCUT2D eigenvalue weighted by Gasteiger charge is -2.31. The number of hydrogen-bond donors (Lipinski definition) is 1. The lowest BCUT2D eigenvalue weighted by Crippen LogP contribution is -2.40. The lowest BCUT2D eigenvalue weighted by molar-refractivity contribution is 0.0690. The molecule has 0 aliphatic carbocycles. The Morgan fingerprint density at radius 2 is 2.11 bits per heavy atom. The number of anilines is 1. The molecule has 0 radical (unpaired) electrons. The summed E-state index contributed by atoms with van der Waals surface area (Å²) in [5, 5.41) is 9.21. The van der Waals surface area contributed by atoms with Gasteiger partial charge >= 0.3 is 5.97 Å². The maximum absolute atomic E-state index is 11.1. The van der Waals surface area contributed by atoms with Crippen molar-refractivity contribution in [2.45, 2.75) is 19.9 Å². The zero-order valence-electron chi connectivity index (χ0n) is 11.7. The van der Waals surface area contributed by atoms with Crippen LogP contribution in [0.5, 0.6) is 0 Å². The summed E-state index contributed by atoms with van der Waals surface area (Å²) >= 11 is 5.83. The van der Waals surface area contributed by atoms with Crippen molar-refractivity contribution in [2.24, 2.45) is 0 Å². The molecule has 0 aliphatic rings. The fourth-order valence-corrected chi connectivity index (χ4v) is 2.25. The van der Waals surface area contributed by atoms with E-state index in [4.69, 9.17) is 16.7 Å². The standard InChI is InChI=1S/C13H20ClN3O2/c1-5-17(9(2)8-16(3)4)11-7-6-10(14)12(15-11)13(18)19/h6-7,9H,5,8H2,1-4H3,(H,18,19). The van der Waals surface area contributed by atoms with E-state index in [-0.39, 0.29) is 16.8 Å². The minimum atomic E-state index is -1.11. The van der Waals surface area contributed by atoms with Crippen LogP contribution in [0.4, 0.5) is 5.82 Å². The fourth-order valence-electron chi connectivity index (χ4n) is 2.07. The van der Waals surface area contributed by atoms with Gasteiger partial charge in [0.1, 0.15) is 5.82 Å². The number of rotatable bonds is 6. The molecule has 0 amide bonds. The van der Waals surface area contributed by atoms with Gasteiger partial charge in [0.05, 0.1) is 5.02 Å². The van der Waals surface area contributed by atoms with E-state index in [0.29, 0.717) is 5.82 Å². The zero-order valence-corrected chi connectivity index (χ0v) is 12.5. The van der Waals surface area contributed by atoms with Crippen molar-refractivity contribution in [2.75, 3.05) is 32.1 Å². The van der Waals surface area contributed by atoms with Gasteiger partial charge in [0.2, 0.25) is 0 Å². The van der Waals surface area contributed by atoms with Crippen LogP contribution in [0.2, 0.25) is 5.02 Å². The number of nitrogens with zero attached hydrogens (tertiary/aromatic N) is 3. The Hall–Kier alpha value is -1.33. The van der Waals surface area contributed by atoms with Gasteiger partial charge in [-0.15, -0.1) is 0 Å². The number of aromatic carboxylic acids is 1. The topological polar surface area (TPSA) is 56.7 Å². The second-order valence-electron chi connectivity index (χ2n) is 4.70. The third-order valence-electron chi connectivity index (χ3n) is 2.83. The number of aromatic nitrogens is 1. The normalized spacial score (nSPS) is 12.5. The van der Waals surface area contributed by atoms with Crippen molar-refractivity contribution in [1.29, 1.82) is 0 Å². The first-order valence-corrected chi connectivity index (χ1v) is 6.55. The summed E-state index contributed by atoms with van der Waals surface area (Å²) in [5.41, 5.74) is -0.102. The number of halogens is 1. The molecule has 1 unspecified atom stereocenters. The van der Waals surface area contributed by atoms with Crippen LogP contribution < -0.4 is 4.90 Å². The molecular formula is C13H20ClN3O2. The molecule has 1 aromatic heterocycles. The van der Waals surface area contributed by atoms with Crippen molar-refractivity contribution >= 4 is 23.4 Å². The molecular weight excluding hydrogens is 266 g/mol. The van der Waals surface area contributed by atoms with Gasteiger partial charge in [-0.25, -0.2) is 9.78 Å². The Bertz CT molecular complexity index is 452. The number of carboxylic acid groups (broad SMARTS) is 1. The zero-order chi connectivity index (χ0) is 14.6. The number of hydrogen-bond acceptors (Lipinski definition) is 4. The summed E-state index contributed by atoms with van der Waals surface area (Å²) in [4.78, 5) is 19.3. The van der Waals surface area contributed by atoms with Crippen molar-refractivity contribution in [3.05, 3.63) is 22.8 Å². The van der Waals surface area contributed by atoms with E-state index in [1.165, 1.54) is 0 Å². The highest BCUT2D eigenvalue weighted by Crippen LogP contribution is 2.21. The molecule has 1 atom stereocenters. The predicted molar refractivity (Wildman–Crippen MR) is 77.2 cm³/mol. The van der Waals surface area contributed by atoms with E-state index in [1.54, 1.807) is 12.1 Å². The first kappa shape index (κ1) is 15.7. The monoisotopic (exact) mass is 285 g/mol. The number of carboxylic acids is 1. The molecule has 1 N–H and O–H groups in total. The predicted octanol–water partition coefficient (Wildman–Crippen LogP) is 2.21.